The molecule has 0 N–H and O–H groups in total. The Bertz CT molecular complexity index is 574. The first-order valence-electron chi connectivity index (χ1n) is 6.93. The number of thiophene rings is 1. The number of aromatic nitrogens is 3. The molecule has 2 aromatic rings. The van der Waals surface area contributed by atoms with E-state index in [9.17, 15) is 4.79 Å². The third-order valence-corrected chi connectivity index (χ3v) is 4.78. The Balaban J connectivity index is 2.27. The van der Waals surface area contributed by atoms with Gasteiger partial charge >= 0.3 is 0 Å². The van der Waals surface area contributed by atoms with Crippen molar-refractivity contribution in [2.75, 3.05) is 0 Å². The van der Waals surface area contributed by atoms with Gasteiger partial charge in [0.15, 0.2) is 5.78 Å². The molecule has 0 saturated heterocycles. The molecule has 0 bridgehead atoms. The Labute approximate surface area is 123 Å². The minimum absolute atomic E-state index is 0.175. The van der Waals surface area contributed by atoms with Gasteiger partial charge in [-0.15, -0.1) is 5.10 Å². The van der Waals surface area contributed by atoms with E-state index in [1.54, 1.807) is 11.3 Å². The quantitative estimate of drug-likeness (QED) is 0.765. The summed E-state index contributed by atoms with van der Waals surface area (Å²) in [7, 11) is 0. The van der Waals surface area contributed by atoms with Gasteiger partial charge in [-0.3, -0.25) is 9.48 Å². The normalized spacial score (nSPS) is 14.4. The van der Waals surface area contributed by atoms with Crippen molar-refractivity contribution in [3.8, 4) is 0 Å². The molecule has 0 aliphatic heterocycles. The van der Waals surface area contributed by atoms with Gasteiger partial charge in [-0.05, 0) is 24.3 Å². The van der Waals surface area contributed by atoms with Crippen LogP contribution in [0.2, 0.25) is 0 Å². The highest BCUT2D eigenvalue weighted by Crippen LogP contribution is 2.35. The summed E-state index contributed by atoms with van der Waals surface area (Å²) in [4.78, 5) is 12.4. The van der Waals surface area contributed by atoms with Crippen LogP contribution in [-0.4, -0.2) is 20.8 Å². The van der Waals surface area contributed by atoms with Gasteiger partial charge < -0.3 is 0 Å². The molecule has 5 heteroatoms. The zero-order valence-electron chi connectivity index (χ0n) is 12.5. The van der Waals surface area contributed by atoms with Crippen LogP contribution in [0.15, 0.2) is 23.0 Å². The second kappa shape index (κ2) is 5.87. The van der Waals surface area contributed by atoms with Crippen molar-refractivity contribution in [2.24, 2.45) is 5.92 Å². The van der Waals surface area contributed by atoms with Crippen LogP contribution in [0.1, 0.15) is 50.2 Å². The number of carbonyl (C=O) groups is 1. The number of carbonyl (C=O) groups excluding carboxylic acids is 1. The first-order chi connectivity index (χ1) is 9.47. The van der Waals surface area contributed by atoms with Crippen LogP contribution in [-0.2, 0) is 12.0 Å². The maximum absolute atomic E-state index is 12.4. The lowest BCUT2D eigenvalue weighted by molar-refractivity contribution is 0.0934. The molecule has 0 aromatic carbocycles. The third kappa shape index (κ3) is 2.82. The summed E-state index contributed by atoms with van der Waals surface area (Å²) in [6.07, 6.45) is 2.42. The van der Waals surface area contributed by atoms with Gasteiger partial charge in [0.25, 0.3) is 0 Å². The Kier molecular flexibility index (Phi) is 4.38. The fourth-order valence-electron chi connectivity index (χ4n) is 2.16. The average molecular weight is 291 g/mol. The first kappa shape index (κ1) is 14.9. The highest BCUT2D eigenvalue weighted by atomic mass is 32.1. The summed E-state index contributed by atoms with van der Waals surface area (Å²) in [5.41, 5.74) is 1.41. The molecule has 20 heavy (non-hydrogen) atoms. The van der Waals surface area contributed by atoms with E-state index in [4.69, 9.17) is 0 Å². The van der Waals surface area contributed by atoms with E-state index in [0.717, 1.165) is 17.8 Å². The first-order valence-corrected chi connectivity index (χ1v) is 7.87. The van der Waals surface area contributed by atoms with E-state index in [1.165, 1.54) is 0 Å². The minimum Gasteiger partial charge on any atom is -0.294 e. The van der Waals surface area contributed by atoms with Crippen LogP contribution in [0.5, 0.6) is 0 Å². The second-order valence-electron chi connectivity index (χ2n) is 5.64. The number of nitrogens with zero attached hydrogens (tertiary/aromatic N) is 3. The largest absolute Gasteiger partial charge is 0.294 e. The molecule has 0 saturated carbocycles. The van der Waals surface area contributed by atoms with Gasteiger partial charge in [0.05, 0.1) is 5.69 Å². The van der Waals surface area contributed by atoms with E-state index >= 15 is 0 Å². The Morgan fingerprint density at radius 1 is 1.50 bits per heavy atom. The van der Waals surface area contributed by atoms with E-state index < -0.39 is 0 Å². The average Bonchev–Trinajstić information content (AvgIpc) is 3.09. The van der Waals surface area contributed by atoms with Gasteiger partial charge in [-0.1, -0.05) is 26.0 Å². The SMILES string of the molecule is CCn1cc([C@@](C)(CC(=O)c2ccsc2)C(C)C)nn1. The lowest BCUT2D eigenvalue weighted by atomic mass is 9.72. The molecule has 2 aromatic heterocycles. The maximum Gasteiger partial charge on any atom is 0.164 e. The lowest BCUT2D eigenvalue weighted by Gasteiger charge is -2.31. The van der Waals surface area contributed by atoms with Crippen molar-refractivity contribution >= 4 is 17.1 Å². The molecule has 0 fully saturated rings. The van der Waals surface area contributed by atoms with Crippen LogP contribution in [0, 0.1) is 5.92 Å². The zero-order chi connectivity index (χ0) is 14.8. The predicted octanol–water partition coefficient (Wildman–Crippen LogP) is 3.55. The standard InChI is InChI=1S/C15H21N3OS/c1-5-18-9-14(16-17-18)15(4,11(2)3)8-13(19)12-6-7-20-10-12/h6-7,9-11H,5,8H2,1-4H3/t15-/m0/s1. The van der Waals surface area contributed by atoms with Crippen molar-refractivity contribution in [3.05, 3.63) is 34.3 Å². The monoisotopic (exact) mass is 291 g/mol. The lowest BCUT2D eigenvalue weighted by Crippen LogP contribution is -2.32. The van der Waals surface area contributed by atoms with Crippen LogP contribution in [0.3, 0.4) is 0 Å². The molecule has 2 rings (SSSR count). The second-order valence-corrected chi connectivity index (χ2v) is 6.42. The van der Waals surface area contributed by atoms with Gasteiger partial charge in [-0.25, -0.2) is 0 Å². The number of hydrogen-bond acceptors (Lipinski definition) is 4. The Hall–Kier alpha value is -1.49. The van der Waals surface area contributed by atoms with Crippen molar-refractivity contribution < 1.29 is 4.79 Å². The van der Waals surface area contributed by atoms with Crippen molar-refractivity contribution in [3.63, 3.8) is 0 Å². The maximum atomic E-state index is 12.4. The fourth-order valence-corrected chi connectivity index (χ4v) is 2.82. The topological polar surface area (TPSA) is 47.8 Å². The number of aryl methyl sites for hydroxylation is 1. The molecule has 1 atom stereocenters. The van der Waals surface area contributed by atoms with Crippen LogP contribution >= 0.6 is 11.3 Å². The number of Topliss-reactive ketones (excluding diaryl/α,β-unsaturated/α-hetero) is 1. The molecule has 0 aliphatic carbocycles. The van der Waals surface area contributed by atoms with E-state index in [0.29, 0.717) is 12.3 Å². The van der Waals surface area contributed by atoms with Crippen molar-refractivity contribution in [2.45, 2.75) is 46.1 Å². The molecule has 0 aliphatic rings. The van der Waals surface area contributed by atoms with Crippen LogP contribution in [0.25, 0.3) is 0 Å². The van der Waals surface area contributed by atoms with E-state index in [2.05, 4.69) is 31.1 Å². The Morgan fingerprint density at radius 2 is 2.25 bits per heavy atom. The Morgan fingerprint density at radius 3 is 2.75 bits per heavy atom. The molecule has 4 nitrogen and oxygen atoms in total. The predicted molar refractivity (Wildman–Crippen MR) is 81.2 cm³/mol. The molecule has 108 valence electrons. The molecular weight excluding hydrogens is 270 g/mol. The molecule has 0 spiro atoms. The zero-order valence-corrected chi connectivity index (χ0v) is 13.3. The van der Waals surface area contributed by atoms with Gasteiger partial charge in [-0.2, -0.15) is 11.3 Å². The third-order valence-electron chi connectivity index (χ3n) is 4.09. The van der Waals surface area contributed by atoms with E-state index in [1.807, 2.05) is 34.6 Å². The molecule has 0 amide bonds. The highest BCUT2D eigenvalue weighted by molar-refractivity contribution is 7.08. The molecule has 2 heterocycles. The summed E-state index contributed by atoms with van der Waals surface area (Å²) in [5, 5.41) is 12.2. The van der Waals surface area contributed by atoms with Crippen LogP contribution in [0.4, 0.5) is 0 Å². The number of rotatable bonds is 6. The summed E-state index contributed by atoms with van der Waals surface area (Å²) in [6.45, 7) is 9.19. The molecule has 0 unspecified atom stereocenters. The van der Waals surface area contributed by atoms with Crippen LogP contribution < -0.4 is 0 Å². The number of hydrogen-bond donors (Lipinski definition) is 0. The van der Waals surface area contributed by atoms with Crippen molar-refractivity contribution in [1.29, 1.82) is 0 Å². The van der Waals surface area contributed by atoms with Gasteiger partial charge in [0.2, 0.25) is 0 Å². The summed E-state index contributed by atoms with van der Waals surface area (Å²) in [5.74, 6) is 0.487. The summed E-state index contributed by atoms with van der Waals surface area (Å²) in [6, 6.07) is 1.89. The number of ketones is 1. The fraction of sp³-hybridized carbons (Fsp3) is 0.533. The molecule has 0 radical (unpaired) electrons. The van der Waals surface area contributed by atoms with Gasteiger partial charge in [0.1, 0.15) is 0 Å². The summed E-state index contributed by atoms with van der Waals surface area (Å²) >= 11 is 1.55. The molecular formula is C15H21N3OS. The van der Waals surface area contributed by atoms with Crippen molar-refractivity contribution in [1.82, 2.24) is 15.0 Å². The smallest absolute Gasteiger partial charge is 0.164 e. The van der Waals surface area contributed by atoms with Gasteiger partial charge in [0, 0.05) is 35.5 Å². The summed E-state index contributed by atoms with van der Waals surface area (Å²) < 4.78 is 1.81. The van der Waals surface area contributed by atoms with E-state index in [-0.39, 0.29) is 11.2 Å². The highest BCUT2D eigenvalue weighted by Gasteiger charge is 2.36. The minimum atomic E-state index is -0.285.